The van der Waals surface area contributed by atoms with Crippen LogP contribution in [0.1, 0.15) is 43.6 Å². The number of fused-ring (bicyclic) bond motifs is 1. The van der Waals surface area contributed by atoms with Crippen molar-refractivity contribution in [3.63, 3.8) is 0 Å². The van der Waals surface area contributed by atoms with Gasteiger partial charge in [-0.2, -0.15) is 5.10 Å². The lowest BCUT2D eigenvalue weighted by Crippen LogP contribution is -2.45. The first-order valence-electron chi connectivity index (χ1n) is 8.89. The molecule has 1 atom stereocenters. The largest absolute Gasteiger partial charge is 0.467 e. The number of carbonyl (C=O) groups excluding carboxylic acids is 2. The molecule has 0 aliphatic heterocycles. The standard InChI is InChI=1S/C19H26FN3O3/c1-13(2)16(19(25)26-3)21-18(24)17-14-9-5-6-10-15(14)23(22-17)12-8-4-7-11-20/h5-6,9-10,13,16H,4,7-8,11-12H2,1-3H3,(H,21,24)/t16-/m0/s1. The number of methoxy groups -OCH3 is 1. The minimum atomic E-state index is -0.735. The predicted octanol–water partition coefficient (Wildman–Crippen LogP) is 3.10. The maximum absolute atomic E-state index is 12.7. The van der Waals surface area contributed by atoms with Gasteiger partial charge in [0.1, 0.15) is 6.04 Å². The third-order valence-corrected chi connectivity index (χ3v) is 4.28. The first kappa shape index (κ1) is 19.9. The van der Waals surface area contributed by atoms with E-state index in [1.54, 1.807) is 4.68 Å². The van der Waals surface area contributed by atoms with Gasteiger partial charge in [-0.1, -0.05) is 32.0 Å². The Bertz CT molecular complexity index is 758. The van der Waals surface area contributed by atoms with Crippen LogP contribution < -0.4 is 5.32 Å². The van der Waals surface area contributed by atoms with Crippen molar-refractivity contribution in [3.8, 4) is 0 Å². The van der Waals surface area contributed by atoms with E-state index in [4.69, 9.17) is 4.74 Å². The van der Waals surface area contributed by atoms with Gasteiger partial charge in [0.2, 0.25) is 0 Å². The molecular formula is C19H26FN3O3. The lowest BCUT2D eigenvalue weighted by molar-refractivity contribution is -0.144. The summed E-state index contributed by atoms with van der Waals surface area (Å²) in [6, 6.07) is 6.72. The van der Waals surface area contributed by atoms with Crippen molar-refractivity contribution >= 4 is 22.8 Å². The van der Waals surface area contributed by atoms with Crippen molar-refractivity contribution in [1.29, 1.82) is 0 Å². The average molecular weight is 363 g/mol. The highest BCUT2D eigenvalue weighted by Gasteiger charge is 2.27. The van der Waals surface area contributed by atoms with E-state index in [0.717, 1.165) is 23.7 Å². The minimum absolute atomic E-state index is 0.111. The van der Waals surface area contributed by atoms with Crippen LogP contribution in [0.2, 0.25) is 0 Å². The molecule has 0 bridgehead atoms. The van der Waals surface area contributed by atoms with Gasteiger partial charge < -0.3 is 10.1 Å². The number of para-hydroxylation sites is 1. The van der Waals surface area contributed by atoms with Gasteiger partial charge in [0, 0.05) is 11.9 Å². The number of amides is 1. The van der Waals surface area contributed by atoms with E-state index in [-0.39, 0.29) is 18.3 Å². The number of aryl methyl sites for hydroxylation is 1. The van der Waals surface area contributed by atoms with Crippen LogP contribution in [0.15, 0.2) is 24.3 Å². The molecule has 1 N–H and O–H groups in total. The second-order valence-electron chi connectivity index (χ2n) is 6.56. The van der Waals surface area contributed by atoms with E-state index in [9.17, 15) is 14.0 Å². The molecule has 142 valence electrons. The Kier molecular flexibility index (Phi) is 7.12. The van der Waals surface area contributed by atoms with Crippen molar-refractivity contribution in [2.45, 2.75) is 45.7 Å². The zero-order chi connectivity index (χ0) is 19.1. The number of alkyl halides is 1. The zero-order valence-corrected chi connectivity index (χ0v) is 15.5. The molecule has 1 heterocycles. The second-order valence-corrected chi connectivity index (χ2v) is 6.56. The monoisotopic (exact) mass is 363 g/mol. The molecule has 7 heteroatoms. The van der Waals surface area contributed by atoms with Gasteiger partial charge in [-0.05, 0) is 31.2 Å². The Hall–Kier alpha value is -2.44. The van der Waals surface area contributed by atoms with Crippen LogP contribution >= 0.6 is 0 Å². The highest BCUT2D eigenvalue weighted by Crippen LogP contribution is 2.20. The molecule has 1 aromatic carbocycles. The summed E-state index contributed by atoms with van der Waals surface area (Å²) in [5, 5.41) is 7.89. The van der Waals surface area contributed by atoms with E-state index in [0.29, 0.717) is 13.0 Å². The van der Waals surface area contributed by atoms with Crippen molar-refractivity contribution < 1.29 is 18.7 Å². The van der Waals surface area contributed by atoms with Gasteiger partial charge >= 0.3 is 5.97 Å². The molecule has 0 fully saturated rings. The fourth-order valence-corrected chi connectivity index (χ4v) is 2.83. The van der Waals surface area contributed by atoms with Gasteiger partial charge in [-0.3, -0.25) is 13.9 Å². The maximum Gasteiger partial charge on any atom is 0.328 e. The molecule has 0 unspecified atom stereocenters. The van der Waals surface area contributed by atoms with Gasteiger partial charge in [0.25, 0.3) is 5.91 Å². The number of halogens is 1. The van der Waals surface area contributed by atoms with Crippen LogP contribution in [0, 0.1) is 5.92 Å². The Morgan fingerprint density at radius 1 is 1.23 bits per heavy atom. The first-order chi connectivity index (χ1) is 12.5. The molecule has 2 rings (SSSR count). The van der Waals surface area contributed by atoms with Crippen molar-refractivity contribution in [3.05, 3.63) is 30.0 Å². The fourth-order valence-electron chi connectivity index (χ4n) is 2.83. The third-order valence-electron chi connectivity index (χ3n) is 4.28. The number of ether oxygens (including phenoxy) is 1. The van der Waals surface area contributed by atoms with E-state index < -0.39 is 17.9 Å². The minimum Gasteiger partial charge on any atom is -0.467 e. The molecule has 0 radical (unpaired) electrons. The smallest absolute Gasteiger partial charge is 0.328 e. The maximum atomic E-state index is 12.7. The number of carbonyl (C=O) groups is 2. The number of esters is 1. The Balaban J connectivity index is 2.25. The zero-order valence-electron chi connectivity index (χ0n) is 15.5. The quantitative estimate of drug-likeness (QED) is 0.549. The summed E-state index contributed by atoms with van der Waals surface area (Å²) in [6.07, 6.45) is 2.08. The third kappa shape index (κ3) is 4.59. The Morgan fingerprint density at radius 3 is 2.62 bits per heavy atom. The van der Waals surface area contributed by atoms with Crippen LogP contribution in [0.5, 0.6) is 0 Å². The number of nitrogens with zero attached hydrogens (tertiary/aromatic N) is 2. The molecule has 0 spiro atoms. The van der Waals surface area contributed by atoms with Crippen molar-refractivity contribution in [2.75, 3.05) is 13.8 Å². The van der Waals surface area contributed by atoms with Crippen molar-refractivity contribution in [1.82, 2.24) is 15.1 Å². The summed E-state index contributed by atoms with van der Waals surface area (Å²) in [6.45, 7) is 3.96. The summed E-state index contributed by atoms with van der Waals surface area (Å²) in [7, 11) is 1.30. The van der Waals surface area contributed by atoms with Crippen LogP contribution in [-0.4, -0.2) is 41.5 Å². The van der Waals surface area contributed by atoms with Gasteiger partial charge in [0.15, 0.2) is 5.69 Å². The number of rotatable bonds is 9. The summed E-state index contributed by atoms with van der Waals surface area (Å²) < 4.78 is 18.8. The molecule has 0 aliphatic rings. The highest BCUT2D eigenvalue weighted by atomic mass is 19.1. The normalized spacial score (nSPS) is 12.3. The van der Waals surface area contributed by atoms with Crippen LogP contribution in [0.25, 0.3) is 10.9 Å². The SMILES string of the molecule is COC(=O)[C@@H](NC(=O)c1nn(CCCCCF)c2ccccc12)C(C)C. The van der Waals surface area contributed by atoms with Crippen LogP contribution in [0.3, 0.4) is 0 Å². The van der Waals surface area contributed by atoms with Crippen LogP contribution in [0.4, 0.5) is 4.39 Å². The Morgan fingerprint density at radius 2 is 1.96 bits per heavy atom. The summed E-state index contributed by atoms with van der Waals surface area (Å²) >= 11 is 0. The number of hydrogen-bond donors (Lipinski definition) is 1. The second kappa shape index (κ2) is 9.31. The molecular weight excluding hydrogens is 337 g/mol. The molecule has 0 saturated carbocycles. The summed E-state index contributed by atoms with van der Waals surface area (Å²) in [5.74, 6) is -1.00. The van der Waals surface area contributed by atoms with Gasteiger partial charge in [0.05, 0.1) is 19.3 Å². The molecule has 0 saturated heterocycles. The van der Waals surface area contributed by atoms with Crippen LogP contribution in [-0.2, 0) is 16.1 Å². The van der Waals surface area contributed by atoms with Crippen molar-refractivity contribution in [2.24, 2.45) is 5.92 Å². The van der Waals surface area contributed by atoms with E-state index in [1.807, 2.05) is 38.1 Å². The Labute approximate surface area is 152 Å². The topological polar surface area (TPSA) is 73.2 Å². The first-order valence-corrected chi connectivity index (χ1v) is 8.89. The molecule has 2 aromatic rings. The molecule has 1 aromatic heterocycles. The number of nitrogens with one attached hydrogen (secondary N) is 1. The summed E-state index contributed by atoms with van der Waals surface area (Å²) in [5.41, 5.74) is 1.12. The molecule has 1 amide bonds. The average Bonchev–Trinajstić information content (AvgIpc) is 3.01. The number of unbranched alkanes of at least 4 members (excludes halogenated alkanes) is 2. The van der Waals surface area contributed by atoms with E-state index >= 15 is 0 Å². The van der Waals surface area contributed by atoms with E-state index in [1.165, 1.54) is 7.11 Å². The van der Waals surface area contributed by atoms with Gasteiger partial charge in [-0.25, -0.2) is 4.79 Å². The predicted molar refractivity (Wildman–Crippen MR) is 97.7 cm³/mol. The molecule has 0 aliphatic carbocycles. The fraction of sp³-hybridized carbons (Fsp3) is 0.526. The van der Waals surface area contributed by atoms with Gasteiger partial charge in [-0.15, -0.1) is 0 Å². The lowest BCUT2D eigenvalue weighted by atomic mass is 10.0. The molecule has 6 nitrogen and oxygen atoms in total. The molecule has 26 heavy (non-hydrogen) atoms. The lowest BCUT2D eigenvalue weighted by Gasteiger charge is -2.19. The highest BCUT2D eigenvalue weighted by molar-refractivity contribution is 6.06. The summed E-state index contributed by atoms with van der Waals surface area (Å²) in [4.78, 5) is 24.6. The number of benzene rings is 1. The van der Waals surface area contributed by atoms with E-state index in [2.05, 4.69) is 10.4 Å². The number of hydrogen-bond acceptors (Lipinski definition) is 4. The number of aromatic nitrogens is 2.